The highest BCUT2D eigenvalue weighted by Crippen LogP contribution is 2.16. The van der Waals surface area contributed by atoms with E-state index in [0.29, 0.717) is 0 Å². The summed E-state index contributed by atoms with van der Waals surface area (Å²) >= 11 is 0. The molecule has 0 aromatic carbocycles. The van der Waals surface area contributed by atoms with Crippen molar-refractivity contribution in [3.8, 4) is 0 Å². The van der Waals surface area contributed by atoms with Crippen LogP contribution in [-0.2, 0) is 0 Å². The van der Waals surface area contributed by atoms with Gasteiger partial charge in [0.15, 0.2) is 0 Å². The third-order valence-corrected chi connectivity index (χ3v) is 2.01. The summed E-state index contributed by atoms with van der Waals surface area (Å²) in [6.45, 7) is 2.15. The van der Waals surface area contributed by atoms with Crippen LogP contribution in [-0.4, -0.2) is 15.7 Å². The van der Waals surface area contributed by atoms with E-state index in [1.165, 1.54) is 16.5 Å². The predicted molar refractivity (Wildman–Crippen MR) is 54.8 cm³/mol. The highest BCUT2D eigenvalue weighted by atomic mass is 14.6. The van der Waals surface area contributed by atoms with E-state index in [0.717, 1.165) is 12.1 Å². The van der Waals surface area contributed by atoms with Crippen LogP contribution in [0.3, 0.4) is 0 Å². The van der Waals surface area contributed by atoms with Gasteiger partial charge in [-0.3, -0.25) is 0 Å². The Labute approximate surface area is 69.9 Å². The Morgan fingerprint density at radius 2 is 2.00 bits per heavy atom. The van der Waals surface area contributed by atoms with E-state index < -0.39 is 0 Å². The topological polar surface area (TPSA) is 26.0 Å². The molecule has 1 aliphatic rings. The first-order chi connectivity index (χ1) is 5.09. The molecule has 0 atom stereocenters. The summed E-state index contributed by atoms with van der Waals surface area (Å²) in [5.74, 6) is 0. The van der Waals surface area contributed by atoms with E-state index >= 15 is 0 Å². The summed E-state index contributed by atoms with van der Waals surface area (Å²) in [5, 5.41) is 0. The Kier molecular flexibility index (Phi) is 2.28. The molecule has 0 radical (unpaired) electrons. The Morgan fingerprint density at radius 3 is 2.64 bits per heavy atom. The number of hydrogen-bond acceptors (Lipinski definition) is 1. The Morgan fingerprint density at radius 1 is 1.36 bits per heavy atom. The predicted octanol–water partition coefficient (Wildman–Crippen LogP) is -0.343. The zero-order chi connectivity index (χ0) is 8.43. The molecule has 1 aliphatic carbocycles. The molecule has 1 nitrogen and oxygen atoms in total. The molecule has 0 heterocycles. The molecule has 3 heteroatoms. The quantitative estimate of drug-likeness (QED) is 0.463. The zero-order valence-electron chi connectivity index (χ0n) is 7.44. The van der Waals surface area contributed by atoms with Crippen molar-refractivity contribution in [2.45, 2.75) is 13.3 Å². The summed E-state index contributed by atoms with van der Waals surface area (Å²) in [5.41, 5.74) is 10.7. The SMILES string of the molecule is BC1=CC(N)=CC(B)=C(C)C1. The second-order valence-electron chi connectivity index (χ2n) is 3.28. The fraction of sp³-hybridized carbons (Fsp3) is 0.250. The zero-order valence-corrected chi connectivity index (χ0v) is 7.44. The number of rotatable bonds is 0. The molecule has 0 fully saturated rings. The minimum atomic E-state index is 0.872. The summed E-state index contributed by atoms with van der Waals surface area (Å²) in [7, 11) is 4.22. The van der Waals surface area contributed by atoms with E-state index in [4.69, 9.17) is 5.73 Å². The van der Waals surface area contributed by atoms with Gasteiger partial charge in [0.05, 0.1) is 0 Å². The van der Waals surface area contributed by atoms with Gasteiger partial charge in [-0.15, -0.1) is 5.47 Å². The maximum absolute atomic E-state index is 5.73. The standard InChI is InChI=1S/C8H13B2N/c1-5-2-6(9)3-7(11)4-8(5)10/h3-4H,2,9-11H2,1H3. The average Bonchev–Trinajstić information content (AvgIpc) is 1.93. The van der Waals surface area contributed by atoms with Crippen molar-refractivity contribution in [2.24, 2.45) is 5.73 Å². The summed E-state index contributed by atoms with van der Waals surface area (Å²) in [6.07, 6.45) is 5.13. The monoisotopic (exact) mass is 145 g/mol. The highest BCUT2D eigenvalue weighted by Gasteiger charge is 2.01. The van der Waals surface area contributed by atoms with Gasteiger partial charge < -0.3 is 5.73 Å². The van der Waals surface area contributed by atoms with Crippen molar-refractivity contribution in [1.82, 2.24) is 0 Å². The van der Waals surface area contributed by atoms with Crippen molar-refractivity contribution in [1.29, 1.82) is 0 Å². The molecule has 0 spiro atoms. The molecule has 0 aliphatic heterocycles. The molecule has 0 saturated carbocycles. The van der Waals surface area contributed by atoms with Crippen LogP contribution < -0.4 is 5.73 Å². The van der Waals surface area contributed by atoms with E-state index in [2.05, 4.69) is 22.6 Å². The smallest absolute Gasteiger partial charge is 0.139 e. The minimum Gasteiger partial charge on any atom is -0.399 e. The fourth-order valence-corrected chi connectivity index (χ4v) is 1.31. The largest absolute Gasteiger partial charge is 0.399 e. The lowest BCUT2D eigenvalue weighted by Crippen LogP contribution is -1.93. The first kappa shape index (κ1) is 8.25. The van der Waals surface area contributed by atoms with E-state index in [1.807, 2.05) is 12.2 Å². The van der Waals surface area contributed by atoms with Gasteiger partial charge in [-0.05, 0) is 25.5 Å². The average molecular weight is 145 g/mol. The van der Waals surface area contributed by atoms with Gasteiger partial charge in [-0.25, -0.2) is 0 Å². The van der Waals surface area contributed by atoms with Crippen LogP contribution in [0.4, 0.5) is 0 Å². The first-order valence-corrected chi connectivity index (χ1v) is 3.90. The van der Waals surface area contributed by atoms with Crippen molar-refractivity contribution < 1.29 is 0 Å². The molecule has 56 valence electrons. The van der Waals surface area contributed by atoms with E-state index in [-0.39, 0.29) is 0 Å². The van der Waals surface area contributed by atoms with Crippen molar-refractivity contribution in [3.05, 3.63) is 34.4 Å². The van der Waals surface area contributed by atoms with Crippen LogP contribution >= 0.6 is 0 Å². The van der Waals surface area contributed by atoms with Crippen molar-refractivity contribution in [3.63, 3.8) is 0 Å². The van der Waals surface area contributed by atoms with Gasteiger partial charge in [0.1, 0.15) is 15.7 Å². The molecular formula is C8H13B2N. The van der Waals surface area contributed by atoms with Crippen LogP contribution in [0.1, 0.15) is 13.3 Å². The normalized spacial score (nSPS) is 19.0. The van der Waals surface area contributed by atoms with Crippen molar-refractivity contribution in [2.75, 3.05) is 0 Å². The lowest BCUT2D eigenvalue weighted by atomic mass is 9.85. The van der Waals surface area contributed by atoms with Crippen molar-refractivity contribution >= 4 is 15.7 Å². The third kappa shape index (κ3) is 2.04. The number of hydrogen-bond donors (Lipinski definition) is 1. The Hall–Kier alpha value is -0.850. The summed E-state index contributed by atoms with van der Waals surface area (Å²) < 4.78 is 0. The van der Waals surface area contributed by atoms with E-state index in [1.54, 1.807) is 0 Å². The molecule has 0 aromatic heterocycles. The fourth-order valence-electron chi connectivity index (χ4n) is 1.31. The molecule has 0 saturated heterocycles. The third-order valence-electron chi connectivity index (χ3n) is 2.01. The summed E-state index contributed by atoms with van der Waals surface area (Å²) in [4.78, 5) is 0. The molecule has 11 heavy (non-hydrogen) atoms. The molecule has 0 amide bonds. The molecule has 1 rings (SSSR count). The summed E-state index contributed by atoms with van der Waals surface area (Å²) in [6, 6.07) is 0. The van der Waals surface area contributed by atoms with Crippen LogP contribution in [0.25, 0.3) is 0 Å². The van der Waals surface area contributed by atoms with Gasteiger partial charge in [0, 0.05) is 5.70 Å². The second-order valence-corrected chi connectivity index (χ2v) is 3.28. The second kappa shape index (κ2) is 3.04. The molecule has 2 N–H and O–H groups in total. The molecule has 0 bridgehead atoms. The number of allylic oxidation sites excluding steroid dienone is 5. The van der Waals surface area contributed by atoms with Gasteiger partial charge in [-0.2, -0.15) is 0 Å². The maximum Gasteiger partial charge on any atom is 0.139 e. The van der Waals surface area contributed by atoms with Gasteiger partial charge in [-0.1, -0.05) is 11.0 Å². The van der Waals surface area contributed by atoms with Crippen LogP contribution in [0.15, 0.2) is 34.4 Å². The van der Waals surface area contributed by atoms with Crippen LogP contribution in [0.5, 0.6) is 0 Å². The highest BCUT2D eigenvalue weighted by molar-refractivity contribution is 6.25. The number of nitrogens with two attached hydrogens (primary N) is 1. The lowest BCUT2D eigenvalue weighted by Gasteiger charge is -2.00. The Bertz CT molecular complexity index is 261. The van der Waals surface area contributed by atoms with Gasteiger partial charge >= 0.3 is 0 Å². The first-order valence-electron chi connectivity index (χ1n) is 3.90. The molecular weight excluding hydrogens is 132 g/mol. The van der Waals surface area contributed by atoms with Crippen LogP contribution in [0, 0.1) is 0 Å². The molecule has 0 unspecified atom stereocenters. The maximum atomic E-state index is 5.73. The van der Waals surface area contributed by atoms with Gasteiger partial charge in [0.25, 0.3) is 0 Å². The van der Waals surface area contributed by atoms with Gasteiger partial charge in [0.2, 0.25) is 0 Å². The van der Waals surface area contributed by atoms with E-state index in [9.17, 15) is 0 Å². The van der Waals surface area contributed by atoms with Crippen LogP contribution in [0.2, 0.25) is 0 Å². The molecule has 0 aromatic rings. The minimum absolute atomic E-state index is 0.872. The lowest BCUT2D eigenvalue weighted by molar-refractivity contribution is 1.19. The Balaban J connectivity index is 3.04.